The standard InChI is InChI=1S/C23H17BrN4O2S/c24-17-10-15-12-29-21(14-6-2-1-3-7-14)30-20(15)16(11-17)13-31-23-27-26-22-25-18-8-4-5-9-19(18)28(22)23/h1-11,21H,12-13H2,(H,25,26). The lowest BCUT2D eigenvalue weighted by atomic mass is 10.1. The third-order valence-electron chi connectivity index (χ3n) is 5.25. The van der Waals surface area contributed by atoms with Crippen LogP contribution in [0.25, 0.3) is 16.8 Å². The quantitative estimate of drug-likeness (QED) is 0.317. The van der Waals surface area contributed by atoms with Crippen LogP contribution in [0.1, 0.15) is 23.0 Å². The molecule has 2 aromatic heterocycles. The summed E-state index contributed by atoms with van der Waals surface area (Å²) in [5.74, 6) is 2.34. The van der Waals surface area contributed by atoms with Crippen LogP contribution in [0.15, 0.2) is 76.4 Å². The average molecular weight is 493 g/mol. The van der Waals surface area contributed by atoms with E-state index in [1.807, 2.05) is 48.5 Å². The number of hydrogen-bond donors (Lipinski definition) is 1. The summed E-state index contributed by atoms with van der Waals surface area (Å²) in [4.78, 5) is 4.60. The van der Waals surface area contributed by atoms with Crippen molar-refractivity contribution >= 4 is 44.5 Å². The first-order chi connectivity index (χ1) is 15.3. The molecular formula is C23H17BrN4O2S. The number of H-pyrrole nitrogens is 1. The van der Waals surface area contributed by atoms with Gasteiger partial charge in [0.1, 0.15) is 5.75 Å². The highest BCUT2D eigenvalue weighted by atomic mass is 79.9. The van der Waals surface area contributed by atoms with Crippen molar-refractivity contribution in [2.24, 2.45) is 0 Å². The third kappa shape index (κ3) is 3.40. The molecule has 31 heavy (non-hydrogen) atoms. The van der Waals surface area contributed by atoms with Gasteiger partial charge in [0.05, 0.1) is 17.6 Å². The fourth-order valence-electron chi connectivity index (χ4n) is 3.84. The lowest BCUT2D eigenvalue weighted by Gasteiger charge is -2.28. The largest absolute Gasteiger partial charge is 0.460 e. The van der Waals surface area contributed by atoms with Crippen LogP contribution in [0.3, 0.4) is 0 Å². The molecule has 5 aromatic rings. The van der Waals surface area contributed by atoms with Gasteiger partial charge < -0.3 is 9.47 Å². The number of rotatable bonds is 4. The van der Waals surface area contributed by atoms with Gasteiger partial charge in [0.15, 0.2) is 5.16 Å². The Balaban J connectivity index is 1.32. The molecule has 0 fully saturated rings. The van der Waals surface area contributed by atoms with Crippen LogP contribution in [-0.4, -0.2) is 19.6 Å². The fraction of sp³-hybridized carbons (Fsp3) is 0.130. The zero-order valence-electron chi connectivity index (χ0n) is 16.3. The molecule has 0 bridgehead atoms. The topological polar surface area (TPSA) is 64.4 Å². The average Bonchev–Trinajstić information content (AvgIpc) is 3.37. The van der Waals surface area contributed by atoms with E-state index in [4.69, 9.17) is 9.47 Å². The summed E-state index contributed by atoms with van der Waals surface area (Å²) in [5, 5.41) is 8.38. The van der Waals surface area contributed by atoms with Gasteiger partial charge in [-0.2, -0.15) is 0 Å². The molecule has 154 valence electrons. The predicted octanol–water partition coefficient (Wildman–Crippen LogP) is 5.87. The normalized spacial score (nSPS) is 15.8. The van der Waals surface area contributed by atoms with E-state index < -0.39 is 6.29 Å². The highest BCUT2D eigenvalue weighted by Gasteiger charge is 2.25. The van der Waals surface area contributed by atoms with Crippen LogP contribution >= 0.6 is 27.7 Å². The number of halogens is 1. The van der Waals surface area contributed by atoms with E-state index in [1.165, 1.54) is 0 Å². The van der Waals surface area contributed by atoms with Gasteiger partial charge in [-0.3, -0.25) is 4.40 Å². The van der Waals surface area contributed by atoms with Crippen molar-refractivity contribution in [1.82, 2.24) is 19.6 Å². The third-order valence-corrected chi connectivity index (χ3v) is 6.70. The summed E-state index contributed by atoms with van der Waals surface area (Å²) in [5.41, 5.74) is 5.13. The Morgan fingerprint density at radius 3 is 2.84 bits per heavy atom. The van der Waals surface area contributed by atoms with Crippen LogP contribution < -0.4 is 4.74 Å². The highest BCUT2D eigenvalue weighted by Crippen LogP contribution is 2.40. The number of imidazole rings is 1. The van der Waals surface area contributed by atoms with Gasteiger partial charge >= 0.3 is 0 Å². The maximum absolute atomic E-state index is 6.31. The fourth-order valence-corrected chi connectivity index (χ4v) is 5.32. The zero-order valence-corrected chi connectivity index (χ0v) is 18.7. The Morgan fingerprint density at radius 1 is 1.10 bits per heavy atom. The van der Waals surface area contributed by atoms with E-state index >= 15 is 0 Å². The molecule has 1 N–H and O–H groups in total. The lowest BCUT2D eigenvalue weighted by Crippen LogP contribution is -2.19. The minimum absolute atomic E-state index is 0.409. The second kappa shape index (κ2) is 7.71. The maximum atomic E-state index is 6.31. The first-order valence-electron chi connectivity index (χ1n) is 9.85. The lowest BCUT2D eigenvalue weighted by molar-refractivity contribution is -0.111. The van der Waals surface area contributed by atoms with E-state index in [1.54, 1.807) is 11.8 Å². The number of aromatic nitrogens is 4. The van der Waals surface area contributed by atoms with Gasteiger partial charge in [0.25, 0.3) is 0 Å². The number of nitrogens with zero attached hydrogens (tertiary/aromatic N) is 3. The second-order valence-electron chi connectivity index (χ2n) is 7.28. The molecule has 0 aliphatic carbocycles. The molecule has 0 amide bonds. The van der Waals surface area contributed by atoms with Crippen LogP contribution in [-0.2, 0) is 17.1 Å². The summed E-state index contributed by atoms with van der Waals surface area (Å²) in [6.07, 6.45) is -0.409. The summed E-state index contributed by atoms with van der Waals surface area (Å²) in [6, 6.07) is 22.3. The molecule has 8 heteroatoms. The molecule has 3 aromatic carbocycles. The van der Waals surface area contributed by atoms with Crippen molar-refractivity contribution in [3.63, 3.8) is 0 Å². The Morgan fingerprint density at radius 2 is 1.94 bits per heavy atom. The highest BCUT2D eigenvalue weighted by molar-refractivity contribution is 9.10. The molecular weight excluding hydrogens is 476 g/mol. The summed E-state index contributed by atoms with van der Waals surface area (Å²) >= 11 is 5.28. The molecule has 0 saturated carbocycles. The summed E-state index contributed by atoms with van der Waals surface area (Å²) < 4.78 is 15.3. The van der Waals surface area contributed by atoms with Gasteiger partial charge in [0, 0.05) is 26.9 Å². The van der Waals surface area contributed by atoms with Gasteiger partial charge in [0.2, 0.25) is 12.1 Å². The Hall–Kier alpha value is -2.81. The van der Waals surface area contributed by atoms with Crippen LogP contribution in [0.2, 0.25) is 0 Å². The monoisotopic (exact) mass is 492 g/mol. The van der Waals surface area contributed by atoms with E-state index in [0.717, 1.165) is 48.9 Å². The van der Waals surface area contributed by atoms with Gasteiger partial charge in [-0.25, -0.2) is 10.1 Å². The molecule has 0 saturated heterocycles. The molecule has 1 aliphatic heterocycles. The number of nitrogens with one attached hydrogen (secondary N) is 1. The Kier molecular flexibility index (Phi) is 4.70. The van der Waals surface area contributed by atoms with E-state index in [-0.39, 0.29) is 0 Å². The molecule has 6 rings (SSSR count). The van der Waals surface area contributed by atoms with Crippen molar-refractivity contribution in [3.05, 3.63) is 87.9 Å². The number of para-hydroxylation sites is 2. The van der Waals surface area contributed by atoms with Crippen LogP contribution in [0.5, 0.6) is 5.75 Å². The van der Waals surface area contributed by atoms with E-state index in [9.17, 15) is 0 Å². The number of aromatic amines is 1. The Bertz CT molecular complexity index is 1400. The van der Waals surface area contributed by atoms with Gasteiger partial charge in [-0.15, -0.1) is 5.10 Å². The second-order valence-corrected chi connectivity index (χ2v) is 9.14. The Labute approximate surface area is 190 Å². The molecule has 0 radical (unpaired) electrons. The van der Waals surface area contributed by atoms with Crippen molar-refractivity contribution in [2.75, 3.05) is 0 Å². The molecule has 1 unspecified atom stereocenters. The molecule has 1 aliphatic rings. The van der Waals surface area contributed by atoms with Crippen molar-refractivity contribution in [2.45, 2.75) is 23.8 Å². The van der Waals surface area contributed by atoms with E-state index in [0.29, 0.717) is 12.4 Å². The van der Waals surface area contributed by atoms with E-state index in [2.05, 4.69) is 53.7 Å². The predicted molar refractivity (Wildman–Crippen MR) is 123 cm³/mol. The molecule has 1 atom stereocenters. The molecule has 6 nitrogen and oxygen atoms in total. The number of ether oxygens (including phenoxy) is 2. The number of hydrogen-bond acceptors (Lipinski definition) is 5. The smallest absolute Gasteiger partial charge is 0.231 e. The first kappa shape index (κ1) is 18.9. The minimum atomic E-state index is -0.409. The van der Waals surface area contributed by atoms with Gasteiger partial charge in [-0.05, 0) is 24.3 Å². The molecule has 0 spiro atoms. The maximum Gasteiger partial charge on any atom is 0.231 e. The summed E-state index contributed by atoms with van der Waals surface area (Å²) in [7, 11) is 0. The van der Waals surface area contributed by atoms with Crippen molar-refractivity contribution in [1.29, 1.82) is 0 Å². The minimum Gasteiger partial charge on any atom is -0.460 e. The van der Waals surface area contributed by atoms with Crippen LogP contribution in [0.4, 0.5) is 0 Å². The van der Waals surface area contributed by atoms with Crippen molar-refractivity contribution < 1.29 is 9.47 Å². The summed E-state index contributed by atoms with van der Waals surface area (Å²) in [6.45, 7) is 0.505. The van der Waals surface area contributed by atoms with Gasteiger partial charge in [-0.1, -0.05) is 70.2 Å². The number of thioether (sulfide) groups is 1. The zero-order chi connectivity index (χ0) is 20.8. The van der Waals surface area contributed by atoms with Crippen LogP contribution in [0, 0.1) is 0 Å². The molecule has 3 heterocycles. The van der Waals surface area contributed by atoms with Crippen molar-refractivity contribution in [3.8, 4) is 5.75 Å². The SMILES string of the molecule is Brc1cc2c(c(CSc3n[nH]c4nc5ccccc5n34)c1)OC(c1ccccc1)OC2. The number of fused-ring (bicyclic) bond motifs is 4. The number of benzene rings is 3. The first-order valence-corrected chi connectivity index (χ1v) is 11.6.